The van der Waals surface area contributed by atoms with E-state index in [1.54, 1.807) is 4.90 Å². The molecule has 5 heteroatoms. The Morgan fingerprint density at radius 1 is 0.848 bits per heavy atom. The molecule has 1 heterocycles. The fraction of sp³-hybridized carbons (Fsp3) is 0.214. The lowest BCUT2D eigenvalue weighted by Crippen LogP contribution is -2.28. The Morgan fingerprint density at radius 2 is 1.45 bits per heavy atom. The van der Waals surface area contributed by atoms with Gasteiger partial charge in [0.1, 0.15) is 5.75 Å². The standard InChI is InChI=1S/C28H28N2O2S/c1-4-20-7-13-23(14-8-20)29-28-30(24-15-9-21(5-2)10-16-24)27(31)26(33-28)19-22-11-17-25(18-12-22)32-6-3/h7-19H,4-6H2,1-3H3/b26-19+,29-28?. The Balaban J connectivity index is 1.70. The number of rotatable bonds is 7. The van der Waals surface area contributed by atoms with Gasteiger partial charge in [0.15, 0.2) is 5.17 Å². The summed E-state index contributed by atoms with van der Waals surface area (Å²) in [6.07, 6.45) is 3.85. The summed E-state index contributed by atoms with van der Waals surface area (Å²) < 4.78 is 5.53. The molecule has 0 saturated carbocycles. The SMILES string of the molecule is CCOc1ccc(/C=C2/SC(=Nc3ccc(CC)cc3)N(c3ccc(CC)cc3)C2=O)cc1. The van der Waals surface area contributed by atoms with Crippen LogP contribution < -0.4 is 9.64 Å². The molecule has 1 aliphatic rings. The number of aliphatic imine (C=N–C) groups is 1. The number of hydrogen-bond acceptors (Lipinski definition) is 4. The number of aryl methyl sites for hydroxylation is 2. The summed E-state index contributed by atoms with van der Waals surface area (Å²) in [6.45, 7) is 6.84. The molecule has 0 bridgehead atoms. The Bertz CT molecular complexity index is 1160. The molecular formula is C28H28N2O2S. The van der Waals surface area contributed by atoms with Gasteiger partial charge in [0, 0.05) is 0 Å². The van der Waals surface area contributed by atoms with Gasteiger partial charge in [-0.05, 0) is 90.7 Å². The number of carbonyl (C=O) groups excluding carboxylic acids is 1. The number of amides is 1. The van der Waals surface area contributed by atoms with Crippen molar-refractivity contribution in [3.63, 3.8) is 0 Å². The van der Waals surface area contributed by atoms with Crippen LogP contribution in [-0.4, -0.2) is 17.7 Å². The van der Waals surface area contributed by atoms with E-state index in [-0.39, 0.29) is 5.91 Å². The zero-order valence-corrected chi connectivity index (χ0v) is 20.1. The normalized spacial score (nSPS) is 16.1. The second kappa shape index (κ2) is 10.5. The highest BCUT2D eigenvalue weighted by Crippen LogP contribution is 2.37. The maximum Gasteiger partial charge on any atom is 0.271 e. The molecule has 33 heavy (non-hydrogen) atoms. The number of hydrogen-bond donors (Lipinski definition) is 0. The average Bonchev–Trinajstić information content (AvgIpc) is 3.15. The monoisotopic (exact) mass is 456 g/mol. The first kappa shape index (κ1) is 22.9. The first-order valence-corrected chi connectivity index (χ1v) is 12.2. The first-order chi connectivity index (χ1) is 16.1. The van der Waals surface area contributed by atoms with Gasteiger partial charge in [0.05, 0.1) is 22.9 Å². The minimum atomic E-state index is -0.0675. The molecule has 4 nitrogen and oxygen atoms in total. The largest absolute Gasteiger partial charge is 0.494 e. The van der Waals surface area contributed by atoms with Crippen molar-refractivity contribution in [2.75, 3.05) is 11.5 Å². The Kier molecular flexibility index (Phi) is 7.30. The molecule has 1 saturated heterocycles. The molecular weight excluding hydrogens is 428 g/mol. The van der Waals surface area contributed by atoms with Crippen LogP contribution in [0.5, 0.6) is 5.75 Å². The number of nitrogens with zero attached hydrogens (tertiary/aromatic N) is 2. The average molecular weight is 457 g/mol. The molecule has 0 radical (unpaired) electrons. The Hall–Kier alpha value is -3.31. The lowest BCUT2D eigenvalue weighted by atomic mass is 10.1. The van der Waals surface area contributed by atoms with Gasteiger partial charge in [-0.2, -0.15) is 0 Å². The molecule has 168 valence electrons. The van der Waals surface area contributed by atoms with Gasteiger partial charge in [-0.1, -0.05) is 50.2 Å². The second-order valence-electron chi connectivity index (χ2n) is 7.69. The first-order valence-electron chi connectivity index (χ1n) is 11.3. The maximum absolute atomic E-state index is 13.5. The van der Waals surface area contributed by atoms with Crippen molar-refractivity contribution in [3.8, 4) is 5.75 Å². The highest BCUT2D eigenvalue weighted by atomic mass is 32.2. The van der Waals surface area contributed by atoms with Crippen molar-refractivity contribution < 1.29 is 9.53 Å². The van der Waals surface area contributed by atoms with Crippen LogP contribution in [0, 0.1) is 0 Å². The molecule has 0 N–H and O–H groups in total. The molecule has 0 unspecified atom stereocenters. The summed E-state index contributed by atoms with van der Waals surface area (Å²) in [5, 5.41) is 0.658. The molecule has 0 aromatic heterocycles. The van der Waals surface area contributed by atoms with Crippen molar-refractivity contribution >= 4 is 40.3 Å². The van der Waals surface area contributed by atoms with Crippen molar-refractivity contribution in [3.05, 3.63) is 94.4 Å². The van der Waals surface area contributed by atoms with E-state index in [1.165, 1.54) is 22.9 Å². The molecule has 1 fully saturated rings. The fourth-order valence-corrected chi connectivity index (χ4v) is 4.55. The predicted molar refractivity (Wildman–Crippen MR) is 139 cm³/mol. The molecule has 3 aromatic rings. The number of thioether (sulfide) groups is 1. The molecule has 0 spiro atoms. The van der Waals surface area contributed by atoms with Crippen molar-refractivity contribution in [2.24, 2.45) is 4.99 Å². The van der Waals surface area contributed by atoms with Gasteiger partial charge in [-0.15, -0.1) is 0 Å². The van der Waals surface area contributed by atoms with Crippen LogP contribution in [0.15, 0.2) is 82.7 Å². The van der Waals surface area contributed by atoms with E-state index in [4.69, 9.17) is 9.73 Å². The van der Waals surface area contributed by atoms with E-state index >= 15 is 0 Å². The summed E-state index contributed by atoms with van der Waals surface area (Å²) in [5.74, 6) is 0.752. The number of carbonyl (C=O) groups is 1. The van der Waals surface area contributed by atoms with Crippen LogP contribution in [0.1, 0.15) is 37.5 Å². The van der Waals surface area contributed by atoms with Crippen molar-refractivity contribution in [1.82, 2.24) is 0 Å². The van der Waals surface area contributed by atoms with Gasteiger partial charge in [-0.3, -0.25) is 9.69 Å². The molecule has 1 amide bonds. The molecule has 0 atom stereocenters. The van der Waals surface area contributed by atoms with E-state index in [1.807, 2.05) is 61.5 Å². The summed E-state index contributed by atoms with van der Waals surface area (Å²) in [4.78, 5) is 20.7. The maximum atomic E-state index is 13.5. The topological polar surface area (TPSA) is 41.9 Å². The highest BCUT2D eigenvalue weighted by Gasteiger charge is 2.34. The Labute approximate surface area is 200 Å². The number of ether oxygens (including phenoxy) is 1. The Morgan fingerprint density at radius 3 is 2.03 bits per heavy atom. The zero-order valence-electron chi connectivity index (χ0n) is 19.2. The summed E-state index contributed by atoms with van der Waals surface area (Å²) in [6, 6.07) is 24.1. The van der Waals surface area contributed by atoms with Crippen LogP contribution in [0.25, 0.3) is 6.08 Å². The van der Waals surface area contributed by atoms with Crippen LogP contribution in [0.2, 0.25) is 0 Å². The second-order valence-corrected chi connectivity index (χ2v) is 8.70. The lowest BCUT2D eigenvalue weighted by Gasteiger charge is -2.16. The van der Waals surface area contributed by atoms with E-state index in [2.05, 4.69) is 38.1 Å². The molecule has 4 rings (SSSR count). The van der Waals surface area contributed by atoms with E-state index in [0.29, 0.717) is 16.7 Å². The zero-order chi connectivity index (χ0) is 23.2. The van der Waals surface area contributed by atoms with Crippen LogP contribution in [0.4, 0.5) is 11.4 Å². The number of anilines is 1. The van der Waals surface area contributed by atoms with Gasteiger partial charge in [-0.25, -0.2) is 4.99 Å². The van der Waals surface area contributed by atoms with Crippen LogP contribution >= 0.6 is 11.8 Å². The third-order valence-electron chi connectivity index (χ3n) is 5.47. The lowest BCUT2D eigenvalue weighted by molar-refractivity contribution is -0.113. The quantitative estimate of drug-likeness (QED) is 0.359. The van der Waals surface area contributed by atoms with Crippen molar-refractivity contribution in [1.29, 1.82) is 0 Å². The van der Waals surface area contributed by atoms with Crippen LogP contribution in [0.3, 0.4) is 0 Å². The fourth-order valence-electron chi connectivity index (χ4n) is 3.55. The van der Waals surface area contributed by atoms with Gasteiger partial charge >= 0.3 is 0 Å². The minimum absolute atomic E-state index is 0.0675. The smallest absolute Gasteiger partial charge is 0.271 e. The van der Waals surface area contributed by atoms with E-state index < -0.39 is 0 Å². The molecule has 1 aliphatic heterocycles. The van der Waals surface area contributed by atoms with E-state index in [9.17, 15) is 4.79 Å². The summed E-state index contributed by atoms with van der Waals surface area (Å²) in [7, 11) is 0. The third kappa shape index (κ3) is 5.37. The number of benzene rings is 3. The van der Waals surface area contributed by atoms with Crippen molar-refractivity contribution in [2.45, 2.75) is 33.6 Å². The minimum Gasteiger partial charge on any atom is -0.494 e. The summed E-state index contributed by atoms with van der Waals surface area (Å²) >= 11 is 1.40. The third-order valence-corrected chi connectivity index (χ3v) is 6.44. The predicted octanol–water partition coefficient (Wildman–Crippen LogP) is 7.02. The van der Waals surface area contributed by atoms with Gasteiger partial charge < -0.3 is 4.74 Å². The summed E-state index contributed by atoms with van der Waals surface area (Å²) in [5.41, 5.74) is 5.10. The van der Waals surface area contributed by atoms with Gasteiger partial charge in [0.25, 0.3) is 5.91 Å². The highest BCUT2D eigenvalue weighted by molar-refractivity contribution is 8.19. The molecule has 3 aromatic carbocycles. The molecule has 0 aliphatic carbocycles. The van der Waals surface area contributed by atoms with Gasteiger partial charge in [0.2, 0.25) is 0 Å². The number of amidine groups is 1. The van der Waals surface area contributed by atoms with Crippen LogP contribution in [-0.2, 0) is 17.6 Å². The van der Waals surface area contributed by atoms with E-state index in [0.717, 1.165) is 35.5 Å².